The summed E-state index contributed by atoms with van der Waals surface area (Å²) >= 11 is 6.17. The summed E-state index contributed by atoms with van der Waals surface area (Å²) in [6, 6.07) is 9.80. The smallest absolute Gasteiger partial charge is 0.132 e. The molecule has 0 atom stereocenters. The molecule has 0 aliphatic carbocycles. The van der Waals surface area contributed by atoms with Gasteiger partial charge in [0.05, 0.1) is 10.7 Å². The van der Waals surface area contributed by atoms with Crippen LogP contribution < -0.4 is 10.1 Å². The zero-order chi connectivity index (χ0) is 14.5. The van der Waals surface area contributed by atoms with Crippen molar-refractivity contribution < 1.29 is 4.74 Å². The van der Waals surface area contributed by atoms with Crippen LogP contribution in [0.15, 0.2) is 30.3 Å². The molecular weight excluding hydrogens is 272 g/mol. The number of halogens is 1. The van der Waals surface area contributed by atoms with Gasteiger partial charge in [-0.1, -0.05) is 29.8 Å². The zero-order valence-corrected chi connectivity index (χ0v) is 12.8. The van der Waals surface area contributed by atoms with E-state index in [9.17, 15) is 0 Å². The number of aryl methyl sites for hydroxylation is 2. The molecule has 2 aromatic rings. The fourth-order valence-corrected chi connectivity index (χ4v) is 2.19. The van der Waals surface area contributed by atoms with Crippen LogP contribution in [0, 0.1) is 13.8 Å². The van der Waals surface area contributed by atoms with Gasteiger partial charge in [0, 0.05) is 6.54 Å². The molecule has 20 heavy (non-hydrogen) atoms. The van der Waals surface area contributed by atoms with Crippen molar-refractivity contribution in [2.24, 2.45) is 0 Å². The lowest BCUT2D eigenvalue weighted by atomic mass is 10.1. The predicted octanol–water partition coefficient (Wildman–Crippen LogP) is 4.36. The molecule has 0 aliphatic heterocycles. The van der Waals surface area contributed by atoms with Crippen molar-refractivity contribution >= 4 is 17.4 Å². The number of hydrogen-bond acceptors (Lipinski definition) is 3. The van der Waals surface area contributed by atoms with Gasteiger partial charge >= 0.3 is 0 Å². The maximum atomic E-state index is 6.17. The molecule has 0 fully saturated rings. The number of para-hydroxylation sites is 1. The highest BCUT2D eigenvalue weighted by Crippen LogP contribution is 2.25. The second-order valence-electron chi connectivity index (χ2n) is 4.66. The highest BCUT2D eigenvalue weighted by molar-refractivity contribution is 6.31. The summed E-state index contributed by atoms with van der Waals surface area (Å²) in [5.74, 6) is 1.72. The maximum Gasteiger partial charge on any atom is 0.132 e. The first-order valence-corrected chi connectivity index (χ1v) is 7.08. The average Bonchev–Trinajstić information content (AvgIpc) is 2.42. The Balaban J connectivity index is 2.16. The molecule has 0 aliphatic rings. The minimum absolute atomic E-state index is 0.365. The zero-order valence-electron chi connectivity index (χ0n) is 12.0. The van der Waals surface area contributed by atoms with Crippen LogP contribution in [-0.4, -0.2) is 11.5 Å². The molecule has 0 saturated heterocycles. The van der Waals surface area contributed by atoms with E-state index >= 15 is 0 Å². The van der Waals surface area contributed by atoms with Gasteiger partial charge in [-0.3, -0.25) is 0 Å². The summed E-state index contributed by atoms with van der Waals surface area (Å²) in [5, 5.41) is 3.79. The molecule has 0 amide bonds. The second-order valence-corrected chi connectivity index (χ2v) is 5.07. The molecule has 4 heteroatoms. The molecule has 0 saturated carbocycles. The molecular formula is C16H19ClN2O. The van der Waals surface area contributed by atoms with Crippen LogP contribution in [0.5, 0.6) is 5.75 Å². The lowest BCUT2D eigenvalue weighted by Crippen LogP contribution is -2.05. The summed E-state index contributed by atoms with van der Waals surface area (Å²) in [7, 11) is 0. The SMILES string of the molecule is CCNc1ccc(Cl)c(COc2c(C)cccc2C)n1. The third kappa shape index (κ3) is 3.42. The van der Waals surface area contributed by atoms with E-state index in [0.717, 1.165) is 34.9 Å². The number of benzene rings is 1. The van der Waals surface area contributed by atoms with Crippen molar-refractivity contribution in [3.05, 3.63) is 52.2 Å². The monoisotopic (exact) mass is 290 g/mol. The van der Waals surface area contributed by atoms with Gasteiger partial charge in [-0.15, -0.1) is 0 Å². The first kappa shape index (κ1) is 14.7. The van der Waals surface area contributed by atoms with Crippen molar-refractivity contribution in [2.75, 3.05) is 11.9 Å². The molecule has 3 nitrogen and oxygen atoms in total. The molecule has 0 radical (unpaired) electrons. The largest absolute Gasteiger partial charge is 0.487 e. The van der Waals surface area contributed by atoms with Crippen LogP contribution in [-0.2, 0) is 6.61 Å². The molecule has 1 aromatic carbocycles. The first-order valence-electron chi connectivity index (χ1n) is 6.70. The second kappa shape index (κ2) is 6.62. The van der Waals surface area contributed by atoms with Gasteiger partial charge in [0.25, 0.3) is 0 Å². The van der Waals surface area contributed by atoms with Gasteiger partial charge in [-0.25, -0.2) is 4.98 Å². The van der Waals surface area contributed by atoms with Crippen LogP contribution in [0.2, 0.25) is 5.02 Å². The standard InChI is InChI=1S/C16H19ClN2O/c1-4-18-15-9-8-13(17)14(19-15)10-20-16-11(2)6-5-7-12(16)3/h5-9H,4,10H2,1-3H3,(H,18,19). The highest BCUT2D eigenvalue weighted by atomic mass is 35.5. The summed E-state index contributed by atoms with van der Waals surface area (Å²) in [6.07, 6.45) is 0. The molecule has 0 bridgehead atoms. The summed E-state index contributed by atoms with van der Waals surface area (Å²) in [6.45, 7) is 7.29. The molecule has 1 heterocycles. The molecule has 1 N–H and O–H groups in total. The van der Waals surface area contributed by atoms with Crippen LogP contribution in [0.25, 0.3) is 0 Å². The van der Waals surface area contributed by atoms with Gasteiger partial charge in [-0.2, -0.15) is 0 Å². The summed E-state index contributed by atoms with van der Waals surface area (Å²) < 4.78 is 5.89. The highest BCUT2D eigenvalue weighted by Gasteiger charge is 2.08. The number of nitrogens with one attached hydrogen (secondary N) is 1. The third-order valence-corrected chi connectivity index (χ3v) is 3.38. The number of anilines is 1. The minimum atomic E-state index is 0.365. The van der Waals surface area contributed by atoms with Gasteiger partial charge in [0.2, 0.25) is 0 Å². The Kier molecular flexibility index (Phi) is 4.85. The van der Waals surface area contributed by atoms with Crippen molar-refractivity contribution in [1.29, 1.82) is 0 Å². The summed E-state index contributed by atoms with van der Waals surface area (Å²) in [4.78, 5) is 4.47. The fraction of sp³-hybridized carbons (Fsp3) is 0.312. The number of aromatic nitrogens is 1. The number of ether oxygens (including phenoxy) is 1. The van der Waals surface area contributed by atoms with E-state index in [1.807, 2.05) is 51.1 Å². The lowest BCUT2D eigenvalue weighted by Gasteiger charge is -2.13. The van der Waals surface area contributed by atoms with Crippen LogP contribution in [0.3, 0.4) is 0 Å². The molecule has 106 valence electrons. The lowest BCUT2D eigenvalue weighted by molar-refractivity contribution is 0.297. The molecule has 2 rings (SSSR count). The average molecular weight is 291 g/mol. The summed E-state index contributed by atoms with van der Waals surface area (Å²) in [5.41, 5.74) is 2.97. The van der Waals surface area contributed by atoms with E-state index in [-0.39, 0.29) is 0 Å². The Labute approximate surface area is 124 Å². The van der Waals surface area contributed by atoms with Gasteiger partial charge in [0.15, 0.2) is 0 Å². The number of rotatable bonds is 5. The first-order chi connectivity index (χ1) is 9.61. The topological polar surface area (TPSA) is 34.1 Å². The van der Waals surface area contributed by atoms with Crippen molar-refractivity contribution in [3.8, 4) is 5.75 Å². The normalized spacial score (nSPS) is 10.4. The van der Waals surface area contributed by atoms with E-state index in [4.69, 9.17) is 16.3 Å². The Morgan fingerprint density at radius 3 is 2.50 bits per heavy atom. The third-order valence-electron chi connectivity index (χ3n) is 3.04. The van der Waals surface area contributed by atoms with Crippen molar-refractivity contribution in [3.63, 3.8) is 0 Å². The fourth-order valence-electron chi connectivity index (χ4n) is 2.03. The van der Waals surface area contributed by atoms with Gasteiger partial charge in [0.1, 0.15) is 18.2 Å². The van der Waals surface area contributed by atoms with E-state index in [1.54, 1.807) is 0 Å². The number of hydrogen-bond donors (Lipinski definition) is 1. The van der Waals surface area contributed by atoms with E-state index in [0.29, 0.717) is 11.6 Å². The quantitative estimate of drug-likeness (QED) is 0.888. The van der Waals surface area contributed by atoms with Crippen LogP contribution >= 0.6 is 11.6 Å². The van der Waals surface area contributed by atoms with E-state index < -0.39 is 0 Å². The van der Waals surface area contributed by atoms with Crippen LogP contribution in [0.1, 0.15) is 23.7 Å². The minimum Gasteiger partial charge on any atom is -0.487 e. The van der Waals surface area contributed by atoms with Gasteiger partial charge < -0.3 is 10.1 Å². The maximum absolute atomic E-state index is 6.17. The molecule has 0 spiro atoms. The Bertz CT molecular complexity index is 579. The Morgan fingerprint density at radius 2 is 1.85 bits per heavy atom. The Morgan fingerprint density at radius 1 is 1.15 bits per heavy atom. The Hall–Kier alpha value is -1.74. The molecule has 0 unspecified atom stereocenters. The predicted molar refractivity (Wildman–Crippen MR) is 83.7 cm³/mol. The molecule has 1 aromatic heterocycles. The van der Waals surface area contributed by atoms with E-state index in [2.05, 4.69) is 10.3 Å². The van der Waals surface area contributed by atoms with E-state index in [1.165, 1.54) is 0 Å². The number of pyridine rings is 1. The van der Waals surface area contributed by atoms with Gasteiger partial charge in [-0.05, 0) is 44.0 Å². The van der Waals surface area contributed by atoms with Crippen LogP contribution in [0.4, 0.5) is 5.82 Å². The van der Waals surface area contributed by atoms with Crippen molar-refractivity contribution in [1.82, 2.24) is 4.98 Å². The number of nitrogens with zero attached hydrogens (tertiary/aromatic N) is 1. The van der Waals surface area contributed by atoms with Crippen molar-refractivity contribution in [2.45, 2.75) is 27.4 Å².